The van der Waals surface area contributed by atoms with Gasteiger partial charge in [-0.1, -0.05) is 29.8 Å². The van der Waals surface area contributed by atoms with Crippen LogP contribution in [-0.2, 0) is 4.74 Å². The van der Waals surface area contributed by atoms with E-state index in [1.807, 2.05) is 0 Å². The van der Waals surface area contributed by atoms with Gasteiger partial charge in [0.05, 0.1) is 18.7 Å². The summed E-state index contributed by atoms with van der Waals surface area (Å²) in [7, 11) is 1.34. The molecule has 2 aromatic carbocycles. The maximum absolute atomic E-state index is 12.6. The minimum Gasteiger partial charge on any atom is -0.465 e. The lowest BCUT2D eigenvalue weighted by atomic mass is 10.0. The molecule has 1 amide bonds. The van der Waals surface area contributed by atoms with Crippen LogP contribution in [-0.4, -0.2) is 19.0 Å². The van der Waals surface area contributed by atoms with E-state index >= 15 is 0 Å². The summed E-state index contributed by atoms with van der Waals surface area (Å²) in [5, 5.41) is 3.14. The van der Waals surface area contributed by atoms with Crippen LogP contribution in [0.1, 0.15) is 50.7 Å². The summed E-state index contributed by atoms with van der Waals surface area (Å²) in [4.78, 5) is 24.0. The number of methoxy groups -OCH3 is 1. The van der Waals surface area contributed by atoms with Crippen molar-refractivity contribution in [3.63, 3.8) is 0 Å². The lowest BCUT2D eigenvalue weighted by molar-refractivity contribution is 0.0600. The molecule has 0 unspecified atom stereocenters. The molecular formula is C20H21NO3. The van der Waals surface area contributed by atoms with Crippen molar-refractivity contribution in [1.29, 1.82) is 0 Å². The highest BCUT2D eigenvalue weighted by Gasteiger charge is 2.33. The summed E-state index contributed by atoms with van der Waals surface area (Å²) in [5.41, 5.74) is 3.33. The summed E-state index contributed by atoms with van der Waals surface area (Å²) in [6.07, 6.45) is 2.28. The highest BCUT2D eigenvalue weighted by atomic mass is 16.5. The first-order valence-corrected chi connectivity index (χ1v) is 8.14. The van der Waals surface area contributed by atoms with Crippen LogP contribution in [0, 0.1) is 12.8 Å². The molecule has 1 saturated carbocycles. The van der Waals surface area contributed by atoms with Crippen LogP contribution in [0.15, 0.2) is 48.5 Å². The molecule has 0 aromatic heterocycles. The van der Waals surface area contributed by atoms with Gasteiger partial charge in [0.2, 0.25) is 0 Å². The topological polar surface area (TPSA) is 55.4 Å². The second kappa shape index (κ2) is 6.87. The lowest BCUT2D eigenvalue weighted by Crippen LogP contribution is -2.29. The molecule has 24 heavy (non-hydrogen) atoms. The highest BCUT2D eigenvalue weighted by Crippen LogP contribution is 2.41. The molecule has 4 heteroatoms. The van der Waals surface area contributed by atoms with Gasteiger partial charge in [0, 0.05) is 5.56 Å². The van der Waals surface area contributed by atoms with Crippen molar-refractivity contribution in [2.24, 2.45) is 5.92 Å². The molecule has 0 aliphatic heterocycles. The van der Waals surface area contributed by atoms with Gasteiger partial charge in [-0.05, 0) is 55.5 Å². The smallest absolute Gasteiger partial charge is 0.337 e. The molecule has 0 spiro atoms. The second-order valence-corrected chi connectivity index (χ2v) is 6.27. The first kappa shape index (κ1) is 16.2. The fourth-order valence-electron chi connectivity index (χ4n) is 2.78. The number of esters is 1. The van der Waals surface area contributed by atoms with Crippen molar-refractivity contribution in [3.05, 3.63) is 70.8 Å². The van der Waals surface area contributed by atoms with Gasteiger partial charge in [-0.25, -0.2) is 4.79 Å². The molecule has 4 nitrogen and oxygen atoms in total. The number of ether oxygens (including phenoxy) is 1. The third-order valence-electron chi connectivity index (χ3n) is 4.38. The monoisotopic (exact) mass is 323 g/mol. The summed E-state index contributed by atoms with van der Waals surface area (Å²) >= 11 is 0. The second-order valence-electron chi connectivity index (χ2n) is 6.27. The van der Waals surface area contributed by atoms with Gasteiger partial charge in [-0.2, -0.15) is 0 Å². The minimum atomic E-state index is -0.405. The van der Waals surface area contributed by atoms with Gasteiger partial charge >= 0.3 is 5.97 Å². The number of rotatable bonds is 5. The first-order valence-electron chi connectivity index (χ1n) is 8.14. The summed E-state index contributed by atoms with van der Waals surface area (Å²) < 4.78 is 4.67. The lowest BCUT2D eigenvalue weighted by Gasteiger charge is -2.19. The Bertz CT molecular complexity index is 730. The Morgan fingerprint density at radius 3 is 2.12 bits per heavy atom. The van der Waals surface area contributed by atoms with Gasteiger partial charge in [0.25, 0.3) is 5.91 Å². The van der Waals surface area contributed by atoms with Crippen molar-refractivity contribution in [1.82, 2.24) is 5.32 Å². The number of aryl methyl sites for hydroxylation is 1. The molecule has 0 radical (unpaired) electrons. The number of carbonyl (C=O) groups excluding carboxylic acids is 2. The van der Waals surface area contributed by atoms with Crippen LogP contribution >= 0.6 is 0 Å². The molecular weight excluding hydrogens is 302 g/mol. The number of hydrogen-bond donors (Lipinski definition) is 1. The fraction of sp³-hybridized carbons (Fsp3) is 0.300. The van der Waals surface area contributed by atoms with Crippen molar-refractivity contribution in [2.75, 3.05) is 7.11 Å². The minimum absolute atomic E-state index is 0.0402. The Morgan fingerprint density at radius 1 is 1.00 bits per heavy atom. The quantitative estimate of drug-likeness (QED) is 0.854. The number of carbonyl (C=O) groups is 2. The molecule has 124 valence electrons. The van der Waals surface area contributed by atoms with E-state index in [0.29, 0.717) is 17.0 Å². The molecule has 1 atom stereocenters. The highest BCUT2D eigenvalue weighted by molar-refractivity contribution is 5.96. The van der Waals surface area contributed by atoms with Gasteiger partial charge < -0.3 is 10.1 Å². The number of benzene rings is 2. The normalized spacial score (nSPS) is 14.8. The van der Waals surface area contributed by atoms with Crippen LogP contribution in [0.25, 0.3) is 0 Å². The van der Waals surface area contributed by atoms with E-state index in [-0.39, 0.29) is 11.9 Å². The molecule has 1 aliphatic carbocycles. The van der Waals surface area contributed by atoms with Gasteiger partial charge in [0.1, 0.15) is 0 Å². The zero-order chi connectivity index (χ0) is 17.1. The number of amides is 1. The Labute approximate surface area is 141 Å². The van der Waals surface area contributed by atoms with Gasteiger partial charge in [-0.15, -0.1) is 0 Å². The summed E-state index contributed by atoms with van der Waals surface area (Å²) in [5.74, 6) is -0.0210. The number of nitrogens with one attached hydrogen (secondary N) is 1. The predicted molar refractivity (Wildman–Crippen MR) is 91.9 cm³/mol. The van der Waals surface area contributed by atoms with E-state index in [1.54, 1.807) is 24.3 Å². The van der Waals surface area contributed by atoms with E-state index in [1.165, 1.54) is 12.7 Å². The molecule has 2 aromatic rings. The van der Waals surface area contributed by atoms with Crippen molar-refractivity contribution in [3.8, 4) is 0 Å². The molecule has 1 fully saturated rings. The Balaban J connectivity index is 1.74. The average molecular weight is 323 g/mol. The maximum Gasteiger partial charge on any atom is 0.337 e. The maximum atomic E-state index is 12.6. The van der Waals surface area contributed by atoms with Crippen molar-refractivity contribution >= 4 is 11.9 Å². The van der Waals surface area contributed by atoms with Crippen molar-refractivity contribution in [2.45, 2.75) is 25.8 Å². The average Bonchev–Trinajstić information content (AvgIpc) is 3.45. The van der Waals surface area contributed by atoms with Crippen LogP contribution in [0.5, 0.6) is 0 Å². The van der Waals surface area contributed by atoms with E-state index in [0.717, 1.165) is 18.4 Å². The van der Waals surface area contributed by atoms with E-state index in [4.69, 9.17) is 0 Å². The summed E-state index contributed by atoms with van der Waals surface area (Å²) in [6, 6.07) is 14.9. The molecule has 0 bridgehead atoms. The number of hydrogen-bond acceptors (Lipinski definition) is 3. The third kappa shape index (κ3) is 3.65. The van der Waals surface area contributed by atoms with Crippen molar-refractivity contribution < 1.29 is 14.3 Å². The van der Waals surface area contributed by atoms with Crippen LogP contribution in [0.4, 0.5) is 0 Å². The van der Waals surface area contributed by atoms with E-state index in [2.05, 4.69) is 41.2 Å². The van der Waals surface area contributed by atoms with E-state index < -0.39 is 5.97 Å². The van der Waals surface area contributed by atoms with Gasteiger partial charge in [0.15, 0.2) is 0 Å². The Hall–Kier alpha value is -2.62. The zero-order valence-electron chi connectivity index (χ0n) is 13.9. The van der Waals surface area contributed by atoms with Crippen LogP contribution in [0.3, 0.4) is 0 Å². The summed E-state index contributed by atoms with van der Waals surface area (Å²) in [6.45, 7) is 2.05. The molecule has 0 saturated heterocycles. The zero-order valence-corrected chi connectivity index (χ0v) is 13.9. The van der Waals surface area contributed by atoms with Crippen LogP contribution < -0.4 is 5.32 Å². The first-order chi connectivity index (χ1) is 11.6. The Kier molecular flexibility index (Phi) is 4.65. The SMILES string of the molecule is COC(=O)c1ccc(C(=O)N[C@H](c2ccc(C)cc2)C2CC2)cc1. The Morgan fingerprint density at radius 2 is 1.58 bits per heavy atom. The van der Waals surface area contributed by atoms with Gasteiger partial charge in [-0.3, -0.25) is 4.79 Å². The fourth-order valence-corrected chi connectivity index (χ4v) is 2.78. The molecule has 0 heterocycles. The third-order valence-corrected chi connectivity index (χ3v) is 4.38. The molecule has 1 aliphatic rings. The molecule has 3 rings (SSSR count). The largest absolute Gasteiger partial charge is 0.465 e. The standard InChI is InChI=1S/C20H21NO3/c1-13-3-5-14(6-4-13)18(15-7-8-15)21-19(22)16-9-11-17(12-10-16)20(23)24-2/h3-6,9-12,15,18H,7-8H2,1-2H3,(H,21,22)/t18-/m1/s1. The van der Waals surface area contributed by atoms with Crippen LogP contribution in [0.2, 0.25) is 0 Å². The van der Waals surface area contributed by atoms with E-state index in [9.17, 15) is 9.59 Å². The molecule has 1 N–H and O–H groups in total. The predicted octanol–water partition coefficient (Wildman–Crippen LogP) is 3.66.